The Morgan fingerprint density at radius 1 is 0.977 bits per heavy atom. The van der Waals surface area contributed by atoms with E-state index in [0.717, 1.165) is 56.7 Å². The van der Waals surface area contributed by atoms with Gasteiger partial charge in [-0.05, 0) is 138 Å². The number of carbonyl (C=O) groups is 1. The Kier molecular flexibility index (Phi) is 8.89. The largest absolute Gasteiger partial charge is 0.412 e. The molecule has 252 valence electrons. The van der Waals surface area contributed by atoms with Crippen LogP contribution in [-0.2, 0) is 18.7 Å². The molecule has 1 aliphatic heterocycles. The molecule has 0 spiro atoms. The molecule has 4 aliphatic carbocycles. The Morgan fingerprint density at radius 2 is 1.59 bits per heavy atom. The molecular weight excluding hydrogens is 568 g/mol. The van der Waals surface area contributed by atoms with Gasteiger partial charge in [0.2, 0.25) is 0 Å². The second kappa shape index (κ2) is 11.3. The summed E-state index contributed by atoms with van der Waals surface area (Å²) in [5, 5.41) is 23.9. The van der Waals surface area contributed by atoms with Crippen molar-refractivity contribution < 1.29 is 28.9 Å². The maximum absolute atomic E-state index is 13.9. The van der Waals surface area contributed by atoms with Crippen LogP contribution in [0.1, 0.15) is 128 Å². The molecule has 0 radical (unpaired) electrons. The van der Waals surface area contributed by atoms with Crippen LogP contribution >= 0.6 is 0 Å². The van der Waals surface area contributed by atoms with Crippen molar-refractivity contribution in [3.05, 3.63) is 11.6 Å². The van der Waals surface area contributed by atoms with E-state index in [1.54, 1.807) is 0 Å². The molecule has 0 bridgehead atoms. The Hall–Kier alpha value is -0.573. The number of hydrogen-bond acceptors (Lipinski definition) is 6. The highest BCUT2D eigenvalue weighted by atomic mass is 28.4. The summed E-state index contributed by atoms with van der Waals surface area (Å²) in [6, 6.07) is 3.30. The number of aliphatic hydroxyl groups is 2. The third-order valence-electron chi connectivity index (χ3n) is 14.4. The number of fused-ring (bicyclic) bond motifs is 6. The summed E-state index contributed by atoms with van der Waals surface area (Å²) in [5.74, 6) is -0.122. The lowest BCUT2D eigenvalue weighted by molar-refractivity contribution is -0.156. The first kappa shape index (κ1) is 34.8. The van der Waals surface area contributed by atoms with E-state index >= 15 is 0 Å². The fourth-order valence-electron chi connectivity index (χ4n) is 11.3. The number of ether oxygens (including phenoxy) is 2. The average molecular weight is 633 g/mol. The quantitative estimate of drug-likeness (QED) is 0.238. The molecule has 0 amide bonds. The maximum atomic E-state index is 13.9. The molecular formula is C37H64O6Si. The highest BCUT2D eigenvalue weighted by molar-refractivity contribution is 6.73. The van der Waals surface area contributed by atoms with E-state index in [-0.39, 0.29) is 51.7 Å². The summed E-state index contributed by atoms with van der Waals surface area (Å²) in [6.45, 7) is 23.9. The number of allylic oxidation sites excluding steroid dienone is 2. The second-order valence-electron chi connectivity index (χ2n) is 17.5. The molecule has 3 saturated carbocycles. The van der Waals surface area contributed by atoms with Crippen molar-refractivity contribution in [2.24, 2.45) is 34.0 Å². The first-order valence-electron chi connectivity index (χ1n) is 18.0. The van der Waals surface area contributed by atoms with Crippen molar-refractivity contribution in [1.82, 2.24) is 0 Å². The van der Waals surface area contributed by atoms with E-state index in [1.165, 1.54) is 5.57 Å². The van der Waals surface area contributed by atoms with Gasteiger partial charge < -0.3 is 24.1 Å². The Morgan fingerprint density at radius 3 is 2.20 bits per heavy atom. The number of carbonyl (C=O) groups excluding carboxylic acids is 1. The summed E-state index contributed by atoms with van der Waals surface area (Å²) >= 11 is 0. The predicted octanol–water partition coefficient (Wildman–Crippen LogP) is 7.96. The van der Waals surface area contributed by atoms with Gasteiger partial charge in [0.25, 0.3) is 0 Å². The number of rotatable bonds is 10. The zero-order valence-corrected chi connectivity index (χ0v) is 30.8. The molecule has 10 atom stereocenters. The Labute approximate surface area is 269 Å². The highest BCUT2D eigenvalue weighted by Gasteiger charge is 2.68. The average Bonchev–Trinajstić information content (AvgIpc) is 3.40. The van der Waals surface area contributed by atoms with Crippen LogP contribution < -0.4 is 0 Å². The van der Waals surface area contributed by atoms with Crippen LogP contribution in [-0.4, -0.2) is 59.6 Å². The van der Waals surface area contributed by atoms with Crippen molar-refractivity contribution in [2.45, 2.75) is 181 Å². The van der Waals surface area contributed by atoms with E-state index < -0.39 is 25.8 Å². The Bertz CT molecular complexity index is 1130. The van der Waals surface area contributed by atoms with Crippen LogP contribution in [0, 0.1) is 34.0 Å². The standard InChI is InChI=1S/C37H64O6Si/c1-12-44(13-2,14-3)43-32(4,5)18-17-31(39)37(11,40)30-16-20-35(9)25-21-27(38)26-22-28-29(42-33(6,7)41-28)23-34(26,8)24(25)15-19-36(30,35)10/h21,24,26,28-31,39-40H,12-20,22-23H2,1-11H3/t24?,26-,28+,29-,30-,31+,34+,35-,36+,37+/m0/s1. The van der Waals surface area contributed by atoms with Gasteiger partial charge in [-0.25, -0.2) is 0 Å². The normalized spacial score (nSPS) is 42.1. The molecule has 1 unspecified atom stereocenters. The van der Waals surface area contributed by atoms with Gasteiger partial charge in [-0.2, -0.15) is 0 Å². The molecule has 1 heterocycles. The lowest BCUT2D eigenvalue weighted by atomic mass is 9.43. The molecule has 5 rings (SSSR count). The number of hydrogen-bond donors (Lipinski definition) is 2. The zero-order chi connectivity index (χ0) is 32.7. The van der Waals surface area contributed by atoms with Gasteiger partial charge in [-0.15, -0.1) is 0 Å². The lowest BCUT2D eigenvalue weighted by Crippen LogP contribution is -2.59. The molecule has 4 fully saturated rings. The molecule has 7 heteroatoms. The minimum atomic E-state index is -1.79. The van der Waals surface area contributed by atoms with E-state index in [9.17, 15) is 15.0 Å². The van der Waals surface area contributed by atoms with Crippen molar-refractivity contribution in [2.75, 3.05) is 0 Å². The van der Waals surface area contributed by atoms with Crippen molar-refractivity contribution in [1.29, 1.82) is 0 Å². The summed E-state index contributed by atoms with van der Waals surface area (Å²) in [4.78, 5) is 13.9. The van der Waals surface area contributed by atoms with Crippen LogP contribution in [0.2, 0.25) is 18.1 Å². The minimum absolute atomic E-state index is 0.0149. The fourth-order valence-corrected chi connectivity index (χ4v) is 14.5. The Balaban J connectivity index is 1.35. The summed E-state index contributed by atoms with van der Waals surface area (Å²) in [5.41, 5.74) is -0.831. The summed E-state index contributed by atoms with van der Waals surface area (Å²) in [6.07, 6.45) is 7.77. The third-order valence-corrected chi connectivity index (χ3v) is 19.2. The van der Waals surface area contributed by atoms with Gasteiger partial charge in [0, 0.05) is 5.92 Å². The van der Waals surface area contributed by atoms with Gasteiger partial charge >= 0.3 is 0 Å². The first-order valence-corrected chi connectivity index (χ1v) is 20.5. The molecule has 1 saturated heterocycles. The zero-order valence-electron chi connectivity index (χ0n) is 29.8. The third kappa shape index (κ3) is 5.36. The molecule has 5 aliphatic rings. The molecule has 2 N–H and O–H groups in total. The summed E-state index contributed by atoms with van der Waals surface area (Å²) < 4.78 is 19.4. The lowest BCUT2D eigenvalue weighted by Gasteiger charge is -2.61. The van der Waals surface area contributed by atoms with E-state index in [2.05, 4.69) is 55.4 Å². The smallest absolute Gasteiger partial charge is 0.192 e. The molecule has 0 aromatic rings. The molecule has 6 nitrogen and oxygen atoms in total. The van der Waals surface area contributed by atoms with Crippen LogP contribution in [0.3, 0.4) is 0 Å². The van der Waals surface area contributed by atoms with Crippen molar-refractivity contribution in [3.63, 3.8) is 0 Å². The summed E-state index contributed by atoms with van der Waals surface area (Å²) in [7, 11) is -1.79. The van der Waals surface area contributed by atoms with Crippen molar-refractivity contribution >= 4 is 14.1 Å². The minimum Gasteiger partial charge on any atom is -0.412 e. The monoisotopic (exact) mass is 632 g/mol. The molecule has 44 heavy (non-hydrogen) atoms. The van der Waals surface area contributed by atoms with Gasteiger partial charge in [0.1, 0.15) is 0 Å². The van der Waals surface area contributed by atoms with Crippen LogP contribution in [0.5, 0.6) is 0 Å². The van der Waals surface area contributed by atoms with E-state index in [0.29, 0.717) is 18.8 Å². The van der Waals surface area contributed by atoms with Crippen molar-refractivity contribution in [3.8, 4) is 0 Å². The van der Waals surface area contributed by atoms with E-state index in [1.807, 2.05) is 26.8 Å². The number of ketones is 1. The predicted molar refractivity (Wildman–Crippen MR) is 178 cm³/mol. The van der Waals surface area contributed by atoms with Gasteiger partial charge in [0.15, 0.2) is 19.9 Å². The number of aliphatic hydroxyl groups excluding tert-OH is 1. The van der Waals surface area contributed by atoms with Crippen LogP contribution in [0.4, 0.5) is 0 Å². The maximum Gasteiger partial charge on any atom is 0.192 e. The topological polar surface area (TPSA) is 85.2 Å². The fraction of sp³-hybridized carbons (Fsp3) is 0.919. The van der Waals surface area contributed by atoms with E-state index in [4.69, 9.17) is 13.9 Å². The van der Waals surface area contributed by atoms with Gasteiger partial charge in [-0.1, -0.05) is 47.1 Å². The SMILES string of the molecule is CC[Si](CC)(CC)OC(C)(C)CC[C@@H](O)[C@](C)(O)[C@H]1CC[C@@]2(C)C3=CC(=O)[C@@H]4C[C@H]5OC(C)(C)O[C@H]5C[C@]4(C)C3CC[C@]12C. The molecule has 0 aromatic carbocycles. The van der Waals surface area contributed by atoms with Crippen LogP contribution in [0.15, 0.2) is 11.6 Å². The highest BCUT2D eigenvalue weighted by Crippen LogP contribution is 2.72. The van der Waals surface area contributed by atoms with Gasteiger partial charge in [-0.3, -0.25) is 4.79 Å². The van der Waals surface area contributed by atoms with Crippen LogP contribution in [0.25, 0.3) is 0 Å². The molecule has 0 aromatic heterocycles. The van der Waals surface area contributed by atoms with Gasteiger partial charge in [0.05, 0.1) is 29.5 Å². The second-order valence-corrected chi connectivity index (χ2v) is 22.2. The first-order chi connectivity index (χ1) is 20.2.